The van der Waals surface area contributed by atoms with Gasteiger partial charge < -0.3 is 9.53 Å². The first kappa shape index (κ1) is 15.5. The normalized spacial score (nSPS) is 22.2. The van der Waals surface area contributed by atoms with Gasteiger partial charge >= 0.3 is 6.09 Å². The maximum absolute atomic E-state index is 13.9. The molecule has 1 saturated heterocycles. The molecule has 4 nitrogen and oxygen atoms in total. The number of hydrogen-bond acceptors (Lipinski definition) is 3. The maximum atomic E-state index is 13.9. The summed E-state index contributed by atoms with van der Waals surface area (Å²) in [6, 6.07) is 5.69. The highest BCUT2D eigenvalue weighted by Crippen LogP contribution is 2.34. The molecule has 21 heavy (non-hydrogen) atoms. The van der Waals surface area contributed by atoms with Crippen molar-refractivity contribution in [1.29, 1.82) is 0 Å². The van der Waals surface area contributed by atoms with Gasteiger partial charge in [-0.15, -0.1) is 0 Å². The highest BCUT2D eigenvalue weighted by atomic mass is 19.1. The summed E-state index contributed by atoms with van der Waals surface area (Å²) >= 11 is 0. The van der Waals surface area contributed by atoms with Crippen LogP contribution < -0.4 is 0 Å². The van der Waals surface area contributed by atoms with Gasteiger partial charge in [0.05, 0.1) is 6.04 Å². The molecule has 1 aromatic rings. The number of amides is 1. The van der Waals surface area contributed by atoms with E-state index in [4.69, 9.17) is 4.74 Å². The summed E-state index contributed by atoms with van der Waals surface area (Å²) in [7, 11) is 0. The molecule has 114 valence electrons. The van der Waals surface area contributed by atoms with E-state index in [2.05, 4.69) is 0 Å². The lowest BCUT2D eigenvalue weighted by Crippen LogP contribution is -2.41. The van der Waals surface area contributed by atoms with Gasteiger partial charge in [0.15, 0.2) is 0 Å². The Morgan fingerprint density at radius 1 is 1.38 bits per heavy atom. The van der Waals surface area contributed by atoms with E-state index >= 15 is 0 Å². The minimum Gasteiger partial charge on any atom is -0.444 e. The molecular formula is C16H20FNO3. The van der Waals surface area contributed by atoms with E-state index in [-0.39, 0.29) is 11.7 Å². The molecule has 0 unspecified atom stereocenters. The Labute approximate surface area is 123 Å². The van der Waals surface area contributed by atoms with Crippen LogP contribution in [-0.2, 0) is 9.53 Å². The van der Waals surface area contributed by atoms with Gasteiger partial charge in [0, 0.05) is 12.5 Å². The largest absolute Gasteiger partial charge is 0.444 e. The molecule has 0 aliphatic carbocycles. The first-order valence-corrected chi connectivity index (χ1v) is 7.03. The van der Waals surface area contributed by atoms with E-state index in [0.29, 0.717) is 24.8 Å². The Kier molecular flexibility index (Phi) is 4.30. The van der Waals surface area contributed by atoms with Crippen LogP contribution in [0.15, 0.2) is 24.3 Å². The van der Waals surface area contributed by atoms with E-state index in [1.54, 1.807) is 39.0 Å². The molecule has 2 atom stereocenters. The number of aldehydes is 1. The molecule has 0 bridgehead atoms. The van der Waals surface area contributed by atoms with Crippen LogP contribution in [0.25, 0.3) is 0 Å². The van der Waals surface area contributed by atoms with Crippen molar-refractivity contribution < 1.29 is 18.7 Å². The van der Waals surface area contributed by atoms with Crippen molar-refractivity contribution in [3.8, 4) is 0 Å². The molecule has 2 rings (SSSR count). The Morgan fingerprint density at radius 3 is 2.62 bits per heavy atom. The standard InChI is InChI=1S/C16H20FNO3/c1-16(2,3)21-15(20)18-9-8-12(14(18)10-19)11-6-4-5-7-13(11)17/h4-7,10,12,14H,8-9H2,1-3H3/t12-,14+/m0/s1. The van der Waals surface area contributed by atoms with Gasteiger partial charge in [-0.25, -0.2) is 9.18 Å². The zero-order valence-electron chi connectivity index (χ0n) is 12.5. The van der Waals surface area contributed by atoms with E-state index in [0.717, 1.165) is 0 Å². The minimum atomic E-state index is -0.684. The molecule has 0 saturated carbocycles. The van der Waals surface area contributed by atoms with Crippen LogP contribution in [0.4, 0.5) is 9.18 Å². The van der Waals surface area contributed by atoms with Crippen LogP contribution in [0.2, 0.25) is 0 Å². The molecule has 1 amide bonds. The van der Waals surface area contributed by atoms with Crippen LogP contribution >= 0.6 is 0 Å². The van der Waals surface area contributed by atoms with Gasteiger partial charge in [0.2, 0.25) is 0 Å². The monoisotopic (exact) mass is 293 g/mol. The number of benzene rings is 1. The average Bonchev–Trinajstić information content (AvgIpc) is 2.80. The minimum absolute atomic E-state index is 0.323. The molecule has 1 aromatic carbocycles. The molecule has 1 aliphatic rings. The number of ether oxygens (including phenoxy) is 1. The Balaban J connectivity index is 2.20. The van der Waals surface area contributed by atoms with E-state index < -0.39 is 17.7 Å². The van der Waals surface area contributed by atoms with E-state index in [9.17, 15) is 14.0 Å². The molecule has 1 heterocycles. The smallest absolute Gasteiger partial charge is 0.410 e. The highest BCUT2D eigenvalue weighted by Gasteiger charge is 2.40. The third-order valence-corrected chi connectivity index (χ3v) is 3.53. The van der Waals surface area contributed by atoms with Gasteiger partial charge in [0.1, 0.15) is 17.7 Å². The third-order valence-electron chi connectivity index (χ3n) is 3.53. The zero-order chi connectivity index (χ0) is 15.6. The molecule has 0 N–H and O–H groups in total. The van der Waals surface area contributed by atoms with Crippen molar-refractivity contribution in [2.75, 3.05) is 6.54 Å². The van der Waals surface area contributed by atoms with Crippen LogP contribution in [-0.4, -0.2) is 35.5 Å². The SMILES string of the molecule is CC(C)(C)OC(=O)N1CC[C@@H](c2ccccc2F)[C@H]1C=O. The van der Waals surface area contributed by atoms with Crippen LogP contribution in [0.3, 0.4) is 0 Å². The summed E-state index contributed by atoms with van der Waals surface area (Å²) < 4.78 is 19.2. The second kappa shape index (κ2) is 5.84. The summed E-state index contributed by atoms with van der Waals surface area (Å²) in [4.78, 5) is 24.9. The third kappa shape index (κ3) is 3.40. The molecule has 0 spiro atoms. The number of carbonyl (C=O) groups is 2. The Bertz CT molecular complexity index is 539. The van der Waals surface area contributed by atoms with Crippen molar-refractivity contribution in [3.05, 3.63) is 35.6 Å². The lowest BCUT2D eigenvalue weighted by atomic mass is 9.92. The average molecular weight is 293 g/mol. The molecule has 0 aromatic heterocycles. The zero-order valence-corrected chi connectivity index (χ0v) is 12.5. The van der Waals surface area contributed by atoms with Gasteiger partial charge in [-0.2, -0.15) is 0 Å². The van der Waals surface area contributed by atoms with Crippen molar-refractivity contribution in [3.63, 3.8) is 0 Å². The van der Waals surface area contributed by atoms with Crippen LogP contribution in [0.5, 0.6) is 0 Å². The molecule has 1 aliphatic heterocycles. The topological polar surface area (TPSA) is 46.6 Å². The highest BCUT2D eigenvalue weighted by molar-refractivity contribution is 5.75. The fraction of sp³-hybridized carbons (Fsp3) is 0.500. The van der Waals surface area contributed by atoms with Crippen LogP contribution in [0, 0.1) is 5.82 Å². The van der Waals surface area contributed by atoms with Gasteiger partial charge in [-0.05, 0) is 38.8 Å². The van der Waals surface area contributed by atoms with Crippen LogP contribution in [0.1, 0.15) is 38.7 Å². The number of likely N-dealkylation sites (tertiary alicyclic amines) is 1. The summed E-state index contributed by atoms with van der Waals surface area (Å²) in [6.45, 7) is 5.69. The van der Waals surface area contributed by atoms with Gasteiger partial charge in [0.25, 0.3) is 0 Å². The Hall–Kier alpha value is -1.91. The predicted molar refractivity (Wildman–Crippen MR) is 76.6 cm³/mol. The van der Waals surface area contributed by atoms with Crippen molar-refractivity contribution in [2.45, 2.75) is 44.8 Å². The first-order chi connectivity index (χ1) is 9.83. The first-order valence-electron chi connectivity index (χ1n) is 7.03. The number of nitrogens with zero attached hydrogens (tertiary/aromatic N) is 1. The molecule has 0 radical (unpaired) electrons. The fourth-order valence-electron chi connectivity index (χ4n) is 2.63. The number of hydrogen-bond donors (Lipinski definition) is 0. The number of carbonyl (C=O) groups excluding carboxylic acids is 2. The summed E-state index contributed by atoms with van der Waals surface area (Å²) in [5, 5.41) is 0. The summed E-state index contributed by atoms with van der Waals surface area (Å²) in [5.74, 6) is -0.670. The Morgan fingerprint density at radius 2 is 2.05 bits per heavy atom. The fourth-order valence-corrected chi connectivity index (χ4v) is 2.63. The lowest BCUT2D eigenvalue weighted by molar-refractivity contribution is -0.112. The quantitative estimate of drug-likeness (QED) is 0.787. The lowest BCUT2D eigenvalue weighted by Gasteiger charge is -2.27. The predicted octanol–water partition coefficient (Wildman–Crippen LogP) is 3.12. The van der Waals surface area contributed by atoms with E-state index in [1.165, 1.54) is 11.0 Å². The van der Waals surface area contributed by atoms with Crippen molar-refractivity contribution in [2.24, 2.45) is 0 Å². The van der Waals surface area contributed by atoms with Crippen molar-refractivity contribution >= 4 is 12.4 Å². The van der Waals surface area contributed by atoms with E-state index in [1.807, 2.05) is 0 Å². The molecule has 5 heteroatoms. The molecule has 1 fully saturated rings. The second-order valence-electron chi connectivity index (χ2n) is 6.22. The maximum Gasteiger partial charge on any atom is 0.410 e. The van der Waals surface area contributed by atoms with Gasteiger partial charge in [-0.1, -0.05) is 18.2 Å². The number of rotatable bonds is 2. The number of halogens is 1. The second-order valence-corrected chi connectivity index (χ2v) is 6.22. The molecular weight excluding hydrogens is 273 g/mol. The summed E-state index contributed by atoms with van der Waals surface area (Å²) in [6.07, 6.45) is 0.718. The van der Waals surface area contributed by atoms with Crippen molar-refractivity contribution in [1.82, 2.24) is 4.90 Å². The summed E-state index contributed by atoms with van der Waals surface area (Å²) in [5.41, 5.74) is -0.152. The van der Waals surface area contributed by atoms with Gasteiger partial charge in [-0.3, -0.25) is 4.90 Å².